The van der Waals surface area contributed by atoms with Gasteiger partial charge in [-0.25, -0.2) is 9.59 Å². The fourth-order valence-corrected chi connectivity index (χ4v) is 6.57. The number of cyclic esters (lactones) is 1. The van der Waals surface area contributed by atoms with Crippen LogP contribution in [0.15, 0.2) is 12.1 Å². The van der Waals surface area contributed by atoms with Crippen molar-refractivity contribution in [1.82, 2.24) is 10.6 Å². The molecule has 0 bridgehead atoms. The molecule has 2 rings (SSSR count). The molecule has 0 saturated heterocycles. The second-order valence-corrected chi connectivity index (χ2v) is 24.2. The van der Waals surface area contributed by atoms with E-state index in [9.17, 15) is 24.3 Å². The zero-order valence-electron chi connectivity index (χ0n) is 26.2. The van der Waals surface area contributed by atoms with Gasteiger partial charge in [0.15, 0.2) is 0 Å². The van der Waals surface area contributed by atoms with Crippen LogP contribution in [0.4, 0.5) is 0 Å². The molecule has 0 aromatic heterocycles. The van der Waals surface area contributed by atoms with Crippen LogP contribution < -0.4 is 19.5 Å². The molecule has 236 valence electrons. The molecule has 0 radical (unpaired) electrons. The van der Waals surface area contributed by atoms with E-state index in [2.05, 4.69) is 78.4 Å². The smallest absolute Gasteiger partial charge is 0.338 e. The maximum atomic E-state index is 13.6. The number of ether oxygens (including phenoxy) is 1. The number of rotatable bonds is 7. The molecule has 1 heterocycles. The summed E-state index contributed by atoms with van der Waals surface area (Å²) < 4.78 is 18.9. The monoisotopic (exact) mass is 660 g/mol. The van der Waals surface area contributed by atoms with E-state index in [4.69, 9.17) is 25.2 Å². The first-order chi connectivity index (χ1) is 19.1. The molecule has 10 nitrogen and oxygen atoms in total. The third-order valence-electron chi connectivity index (χ3n) is 8.05. The molecule has 3 N–H and O–H groups in total. The number of carbonyl (C=O) groups is 4. The molecule has 14 heteroatoms. The van der Waals surface area contributed by atoms with Gasteiger partial charge in [0.1, 0.15) is 36.1 Å². The van der Waals surface area contributed by atoms with E-state index in [1.807, 2.05) is 6.07 Å². The molecular formula is C28H45ClN2O8SSi2. The number of halogens is 1. The maximum Gasteiger partial charge on any atom is 0.338 e. The first kappa shape index (κ1) is 36.0. The van der Waals surface area contributed by atoms with Crippen molar-refractivity contribution in [1.29, 1.82) is 0 Å². The number of hydrogen-bond acceptors (Lipinski definition) is 8. The molecule has 2 atom stereocenters. The lowest BCUT2D eigenvalue weighted by molar-refractivity contribution is -0.141. The Morgan fingerprint density at radius 2 is 1.64 bits per heavy atom. The number of fused-ring (bicyclic) bond motifs is 1. The van der Waals surface area contributed by atoms with Gasteiger partial charge in [0.05, 0.1) is 5.56 Å². The Kier molecular flexibility index (Phi) is 11.6. The van der Waals surface area contributed by atoms with Crippen LogP contribution in [0.25, 0.3) is 0 Å². The van der Waals surface area contributed by atoms with Crippen molar-refractivity contribution in [3.8, 4) is 11.5 Å². The third-order valence-corrected chi connectivity index (χ3v) is 18.1. The number of benzene rings is 1. The summed E-state index contributed by atoms with van der Waals surface area (Å²) in [4.78, 5) is 50.5. The maximum absolute atomic E-state index is 13.6. The molecule has 1 aliphatic heterocycles. The third kappa shape index (κ3) is 9.14. The van der Waals surface area contributed by atoms with Crippen LogP contribution in [0.3, 0.4) is 0 Å². The summed E-state index contributed by atoms with van der Waals surface area (Å²) in [6.07, 6.45) is 0. The van der Waals surface area contributed by atoms with Crippen molar-refractivity contribution in [3.63, 3.8) is 0 Å². The zero-order valence-corrected chi connectivity index (χ0v) is 29.8. The summed E-state index contributed by atoms with van der Waals surface area (Å²) >= 11 is 6.84. The summed E-state index contributed by atoms with van der Waals surface area (Å²) in [5.41, 5.74) is 0.748. The lowest BCUT2D eigenvalue weighted by Gasteiger charge is -2.39. The van der Waals surface area contributed by atoms with Gasteiger partial charge < -0.3 is 29.3 Å². The topological polar surface area (TPSA) is 140 Å². The van der Waals surface area contributed by atoms with Crippen molar-refractivity contribution < 1.29 is 37.9 Å². The summed E-state index contributed by atoms with van der Waals surface area (Å²) in [5, 5.41) is 14.3. The highest BCUT2D eigenvalue weighted by Crippen LogP contribution is 2.43. The second kappa shape index (κ2) is 13.6. The van der Waals surface area contributed by atoms with Gasteiger partial charge in [-0.2, -0.15) is 11.8 Å². The van der Waals surface area contributed by atoms with Crippen LogP contribution in [0.1, 0.15) is 57.5 Å². The highest BCUT2D eigenvalue weighted by molar-refractivity contribution is 7.98. The number of amides is 2. The van der Waals surface area contributed by atoms with E-state index < -0.39 is 65.0 Å². The van der Waals surface area contributed by atoms with E-state index in [-0.39, 0.29) is 27.1 Å². The molecule has 0 saturated carbocycles. The Labute approximate surface area is 260 Å². The number of carboxylic acid groups (broad SMARTS) is 1. The van der Waals surface area contributed by atoms with Crippen LogP contribution in [-0.4, -0.2) is 75.8 Å². The number of nitrogens with one attached hydrogen (secondary N) is 2. The minimum Gasteiger partial charge on any atom is -0.543 e. The second-order valence-electron chi connectivity index (χ2n) is 13.4. The average molecular weight is 661 g/mol. The van der Waals surface area contributed by atoms with Crippen LogP contribution >= 0.6 is 23.4 Å². The SMILES string of the molecule is CC(C)(C)[Si](C)(C)Oc1cc(O[Si](C)(C)C(C)(C)C)c2c(c1)C(=O)OC[C@H](NC(=O)CCl)C(=O)N[C@H](C(=O)O)CSC2. The van der Waals surface area contributed by atoms with E-state index in [1.54, 1.807) is 6.07 Å². The zero-order chi connectivity index (χ0) is 32.3. The molecule has 42 heavy (non-hydrogen) atoms. The van der Waals surface area contributed by atoms with Crippen molar-refractivity contribution in [2.75, 3.05) is 18.2 Å². The Bertz CT molecular complexity index is 1200. The molecule has 2 amide bonds. The van der Waals surface area contributed by atoms with Crippen LogP contribution in [0.5, 0.6) is 11.5 Å². The van der Waals surface area contributed by atoms with E-state index in [0.29, 0.717) is 17.1 Å². The van der Waals surface area contributed by atoms with E-state index in [1.165, 1.54) is 11.8 Å². The minimum atomic E-state index is -2.41. The van der Waals surface area contributed by atoms with Gasteiger partial charge in [-0.15, -0.1) is 11.6 Å². The van der Waals surface area contributed by atoms with Crippen molar-refractivity contribution in [2.24, 2.45) is 0 Å². The molecule has 1 aromatic carbocycles. The standard InChI is InChI=1S/C28H45ClN2O8SSi2/c1-27(2,3)41(7,8)38-17-11-18-19(22(12-17)39-42(9,10)28(4,5)6)15-40-16-21(25(34)35)31-24(33)20(14-37-26(18)36)30-23(32)13-29/h11-12,20-21H,13-16H2,1-10H3,(H,30,32)(H,31,33)(H,34,35)/t20-,21-/m0/s1. The number of carboxylic acids is 1. The molecule has 0 unspecified atom stereocenters. The molecule has 0 fully saturated rings. The van der Waals surface area contributed by atoms with Crippen LogP contribution in [0.2, 0.25) is 36.3 Å². The predicted octanol–water partition coefficient (Wildman–Crippen LogP) is 5.15. The summed E-state index contributed by atoms with van der Waals surface area (Å²) in [6, 6.07) is 0.857. The lowest BCUT2D eigenvalue weighted by atomic mass is 10.1. The Balaban J connectivity index is 2.72. The Morgan fingerprint density at radius 3 is 2.17 bits per heavy atom. The summed E-state index contributed by atoms with van der Waals surface area (Å²) in [5.74, 6) is -2.67. The van der Waals surface area contributed by atoms with Crippen LogP contribution in [-0.2, 0) is 24.9 Å². The van der Waals surface area contributed by atoms with Gasteiger partial charge in [0.2, 0.25) is 28.4 Å². The summed E-state index contributed by atoms with van der Waals surface area (Å²) in [6.45, 7) is 20.5. The molecule has 0 aliphatic carbocycles. The molecular weight excluding hydrogens is 616 g/mol. The first-order valence-electron chi connectivity index (χ1n) is 13.8. The largest absolute Gasteiger partial charge is 0.543 e. The van der Waals surface area contributed by atoms with E-state index in [0.717, 1.165) is 0 Å². The number of carbonyl (C=O) groups excluding carboxylic acids is 3. The van der Waals surface area contributed by atoms with Gasteiger partial charge in [-0.3, -0.25) is 9.59 Å². The highest BCUT2D eigenvalue weighted by atomic mass is 35.5. The number of esters is 1. The quantitative estimate of drug-likeness (QED) is 0.206. The number of thioether (sulfide) groups is 1. The van der Waals surface area contributed by atoms with Crippen molar-refractivity contribution >= 4 is 63.8 Å². The van der Waals surface area contributed by atoms with Crippen molar-refractivity contribution in [3.05, 3.63) is 23.3 Å². The Morgan fingerprint density at radius 1 is 1.07 bits per heavy atom. The fraction of sp³-hybridized carbons (Fsp3) is 0.643. The van der Waals surface area contributed by atoms with E-state index >= 15 is 0 Å². The Hall–Kier alpha value is -2.23. The number of hydrogen-bond donors (Lipinski definition) is 3. The highest BCUT2D eigenvalue weighted by Gasteiger charge is 2.42. The summed E-state index contributed by atoms with van der Waals surface area (Å²) in [7, 11) is -4.74. The van der Waals surface area contributed by atoms with Gasteiger partial charge in [-0.05, 0) is 42.3 Å². The lowest BCUT2D eigenvalue weighted by Crippen LogP contribution is -2.54. The molecule has 1 aromatic rings. The molecule has 1 aliphatic rings. The minimum absolute atomic E-state index is 0.00743. The van der Waals surface area contributed by atoms with Crippen molar-refractivity contribution in [2.45, 2.75) is 95.6 Å². The predicted molar refractivity (Wildman–Crippen MR) is 171 cm³/mol. The first-order valence-corrected chi connectivity index (χ1v) is 21.3. The van der Waals surface area contributed by atoms with Crippen LogP contribution in [0, 0.1) is 0 Å². The van der Waals surface area contributed by atoms with Gasteiger partial charge in [-0.1, -0.05) is 41.5 Å². The van der Waals surface area contributed by atoms with Gasteiger partial charge in [0, 0.05) is 23.1 Å². The fourth-order valence-electron chi connectivity index (χ4n) is 3.36. The average Bonchev–Trinajstić information content (AvgIpc) is 2.83. The number of aliphatic carboxylic acids is 1. The molecule has 0 spiro atoms. The van der Waals surface area contributed by atoms with Gasteiger partial charge >= 0.3 is 11.9 Å². The van der Waals surface area contributed by atoms with Gasteiger partial charge in [0.25, 0.3) is 0 Å². The normalized spacial score (nSPS) is 19.3. The number of alkyl halides is 1.